The minimum Gasteiger partial charge on any atom is -0.348 e. The van der Waals surface area contributed by atoms with Crippen molar-refractivity contribution in [3.63, 3.8) is 0 Å². The molecule has 0 aliphatic rings. The standard InChI is InChI=1S/C24H18F3N3O/c25-24(26,27)20-12-6-16(7-13-20)15-28-23(31)19-10-8-18(9-11-19)22-14-21(29-30-22)17-4-2-1-3-5-17/h1-14H,15H2,(H,28,31)(H,29,30). The Morgan fingerprint density at radius 2 is 1.55 bits per heavy atom. The largest absolute Gasteiger partial charge is 0.416 e. The van der Waals surface area contributed by atoms with Crippen LogP contribution < -0.4 is 5.32 Å². The zero-order valence-electron chi connectivity index (χ0n) is 16.3. The van der Waals surface area contributed by atoms with Crippen LogP contribution >= 0.6 is 0 Å². The molecule has 4 nitrogen and oxygen atoms in total. The highest BCUT2D eigenvalue weighted by atomic mass is 19.4. The van der Waals surface area contributed by atoms with E-state index in [-0.39, 0.29) is 12.5 Å². The summed E-state index contributed by atoms with van der Waals surface area (Å²) >= 11 is 0. The van der Waals surface area contributed by atoms with Gasteiger partial charge in [-0.05, 0) is 41.5 Å². The third-order valence-electron chi connectivity index (χ3n) is 4.84. The SMILES string of the molecule is O=C(NCc1ccc(C(F)(F)F)cc1)c1ccc(-c2cc(-c3ccccc3)n[nH]2)cc1. The molecule has 156 valence electrons. The second kappa shape index (κ2) is 8.47. The van der Waals surface area contributed by atoms with Crippen molar-refractivity contribution in [2.24, 2.45) is 0 Å². The molecule has 0 spiro atoms. The van der Waals surface area contributed by atoms with Crippen LogP contribution in [0, 0.1) is 0 Å². The smallest absolute Gasteiger partial charge is 0.348 e. The van der Waals surface area contributed by atoms with Crippen molar-refractivity contribution in [2.75, 3.05) is 0 Å². The van der Waals surface area contributed by atoms with Gasteiger partial charge in [0.1, 0.15) is 0 Å². The first-order valence-corrected chi connectivity index (χ1v) is 9.56. The molecule has 0 aliphatic heterocycles. The fourth-order valence-corrected chi connectivity index (χ4v) is 3.12. The summed E-state index contributed by atoms with van der Waals surface area (Å²) in [7, 11) is 0. The Balaban J connectivity index is 1.39. The second-order valence-corrected chi connectivity index (χ2v) is 6.99. The molecule has 1 heterocycles. The molecule has 0 saturated heterocycles. The molecule has 1 aromatic heterocycles. The average Bonchev–Trinajstić information content (AvgIpc) is 3.28. The first kappa shape index (κ1) is 20.4. The molecule has 0 atom stereocenters. The highest BCUT2D eigenvalue weighted by Gasteiger charge is 2.29. The summed E-state index contributed by atoms with van der Waals surface area (Å²) in [6.45, 7) is 0.139. The Labute approximate surface area is 176 Å². The molecule has 0 saturated carbocycles. The van der Waals surface area contributed by atoms with Gasteiger partial charge in [0.15, 0.2) is 0 Å². The van der Waals surface area contributed by atoms with Crippen LogP contribution in [0.25, 0.3) is 22.5 Å². The lowest BCUT2D eigenvalue weighted by molar-refractivity contribution is -0.137. The molecule has 0 bridgehead atoms. The van der Waals surface area contributed by atoms with Crippen molar-refractivity contribution in [3.05, 3.63) is 102 Å². The maximum Gasteiger partial charge on any atom is 0.416 e. The van der Waals surface area contributed by atoms with E-state index in [0.717, 1.165) is 34.6 Å². The minimum atomic E-state index is -4.37. The fourth-order valence-electron chi connectivity index (χ4n) is 3.12. The zero-order valence-corrected chi connectivity index (χ0v) is 16.3. The quantitative estimate of drug-likeness (QED) is 0.435. The van der Waals surface area contributed by atoms with Gasteiger partial charge in [-0.15, -0.1) is 0 Å². The normalized spacial score (nSPS) is 11.3. The highest BCUT2D eigenvalue weighted by Crippen LogP contribution is 2.29. The predicted molar refractivity (Wildman–Crippen MR) is 112 cm³/mol. The van der Waals surface area contributed by atoms with Crippen molar-refractivity contribution in [3.8, 4) is 22.5 Å². The van der Waals surface area contributed by atoms with Crippen LogP contribution in [0.2, 0.25) is 0 Å². The Hall–Kier alpha value is -3.87. The van der Waals surface area contributed by atoms with Gasteiger partial charge in [0.2, 0.25) is 0 Å². The summed E-state index contributed by atoms with van der Waals surface area (Å²) in [4.78, 5) is 12.4. The third kappa shape index (κ3) is 4.83. The number of amides is 1. The third-order valence-corrected chi connectivity index (χ3v) is 4.84. The van der Waals surface area contributed by atoms with E-state index in [1.165, 1.54) is 12.1 Å². The van der Waals surface area contributed by atoms with Crippen LogP contribution in [-0.2, 0) is 12.7 Å². The van der Waals surface area contributed by atoms with Crippen molar-refractivity contribution < 1.29 is 18.0 Å². The summed E-state index contributed by atoms with van der Waals surface area (Å²) in [5, 5.41) is 10.0. The van der Waals surface area contributed by atoms with E-state index >= 15 is 0 Å². The Morgan fingerprint density at radius 1 is 0.871 bits per heavy atom. The number of nitrogens with one attached hydrogen (secondary N) is 2. The van der Waals surface area contributed by atoms with Gasteiger partial charge in [0.25, 0.3) is 5.91 Å². The number of carbonyl (C=O) groups is 1. The van der Waals surface area contributed by atoms with Crippen LogP contribution in [0.15, 0.2) is 84.9 Å². The number of alkyl halides is 3. The number of hydrogen-bond donors (Lipinski definition) is 2. The Bertz CT molecular complexity index is 1170. The van der Waals surface area contributed by atoms with Gasteiger partial charge >= 0.3 is 6.18 Å². The van der Waals surface area contributed by atoms with Gasteiger partial charge < -0.3 is 5.32 Å². The number of carbonyl (C=O) groups excluding carboxylic acids is 1. The lowest BCUT2D eigenvalue weighted by Gasteiger charge is -2.09. The number of rotatable bonds is 5. The number of aromatic nitrogens is 2. The highest BCUT2D eigenvalue weighted by molar-refractivity contribution is 5.94. The number of H-pyrrole nitrogens is 1. The molecule has 0 unspecified atom stereocenters. The molecular weight excluding hydrogens is 403 g/mol. The summed E-state index contributed by atoms with van der Waals surface area (Å²) < 4.78 is 37.9. The van der Waals surface area contributed by atoms with Gasteiger partial charge in [0.05, 0.1) is 17.0 Å². The lowest BCUT2D eigenvalue weighted by Crippen LogP contribution is -2.22. The monoisotopic (exact) mass is 421 g/mol. The van der Waals surface area contributed by atoms with Crippen LogP contribution in [0.5, 0.6) is 0 Å². The van der Waals surface area contributed by atoms with Crippen molar-refractivity contribution >= 4 is 5.91 Å². The molecule has 31 heavy (non-hydrogen) atoms. The molecule has 0 fully saturated rings. The van der Waals surface area contributed by atoms with Crippen molar-refractivity contribution in [1.82, 2.24) is 15.5 Å². The number of aromatic amines is 1. The minimum absolute atomic E-state index is 0.139. The summed E-state index contributed by atoms with van der Waals surface area (Å²) in [5.41, 5.74) is 3.87. The van der Waals surface area contributed by atoms with Crippen LogP contribution in [0.1, 0.15) is 21.5 Å². The molecule has 4 aromatic rings. The van der Waals surface area contributed by atoms with E-state index in [0.29, 0.717) is 11.1 Å². The van der Waals surface area contributed by atoms with Crippen molar-refractivity contribution in [2.45, 2.75) is 12.7 Å². The second-order valence-electron chi connectivity index (χ2n) is 6.99. The molecule has 3 aromatic carbocycles. The van der Waals surface area contributed by atoms with E-state index < -0.39 is 11.7 Å². The van der Waals surface area contributed by atoms with E-state index in [9.17, 15) is 18.0 Å². The Morgan fingerprint density at radius 3 is 2.19 bits per heavy atom. The van der Waals surface area contributed by atoms with Crippen LogP contribution in [0.4, 0.5) is 13.2 Å². The summed E-state index contributed by atoms with van der Waals surface area (Å²) in [5.74, 6) is -0.305. The number of hydrogen-bond acceptors (Lipinski definition) is 2. The molecule has 0 radical (unpaired) electrons. The first-order valence-electron chi connectivity index (χ1n) is 9.56. The molecule has 1 amide bonds. The first-order chi connectivity index (χ1) is 14.9. The van der Waals surface area contributed by atoms with Gasteiger partial charge in [-0.3, -0.25) is 9.89 Å². The molecular formula is C24H18F3N3O. The van der Waals surface area contributed by atoms with Crippen LogP contribution in [-0.4, -0.2) is 16.1 Å². The van der Waals surface area contributed by atoms with E-state index in [1.807, 2.05) is 48.5 Å². The molecule has 0 aliphatic carbocycles. The maximum atomic E-state index is 12.6. The summed E-state index contributed by atoms with van der Waals surface area (Å²) in [6, 6.07) is 23.5. The average molecular weight is 421 g/mol. The fraction of sp³-hybridized carbons (Fsp3) is 0.0833. The predicted octanol–water partition coefficient (Wildman–Crippen LogP) is 5.69. The van der Waals surface area contributed by atoms with Gasteiger partial charge in [-0.2, -0.15) is 18.3 Å². The summed E-state index contributed by atoms with van der Waals surface area (Å²) in [6.07, 6.45) is -4.37. The zero-order chi connectivity index (χ0) is 21.8. The number of benzene rings is 3. The van der Waals surface area contributed by atoms with E-state index in [1.54, 1.807) is 12.1 Å². The maximum absolute atomic E-state index is 12.6. The molecule has 4 rings (SSSR count). The van der Waals surface area contributed by atoms with E-state index in [2.05, 4.69) is 15.5 Å². The van der Waals surface area contributed by atoms with Crippen LogP contribution in [0.3, 0.4) is 0 Å². The number of nitrogens with zero attached hydrogens (tertiary/aromatic N) is 1. The molecule has 2 N–H and O–H groups in total. The molecule has 7 heteroatoms. The Kier molecular flexibility index (Phi) is 5.58. The number of halogens is 3. The van der Waals surface area contributed by atoms with Gasteiger partial charge in [-0.25, -0.2) is 0 Å². The van der Waals surface area contributed by atoms with Crippen molar-refractivity contribution in [1.29, 1.82) is 0 Å². The lowest BCUT2D eigenvalue weighted by atomic mass is 10.1. The van der Waals surface area contributed by atoms with Gasteiger partial charge in [-0.1, -0.05) is 54.6 Å². The topological polar surface area (TPSA) is 57.8 Å². The van der Waals surface area contributed by atoms with E-state index in [4.69, 9.17) is 0 Å². The van der Waals surface area contributed by atoms with Gasteiger partial charge in [0, 0.05) is 17.7 Å².